The predicted molar refractivity (Wildman–Crippen MR) is 71.7 cm³/mol. The van der Waals surface area contributed by atoms with Crippen molar-refractivity contribution in [3.8, 4) is 11.1 Å². The maximum Gasteiger partial charge on any atom is 0.489 e. The maximum absolute atomic E-state index is 11.2. The van der Waals surface area contributed by atoms with E-state index in [0.29, 0.717) is 11.0 Å². The van der Waals surface area contributed by atoms with Crippen LogP contribution in [0.3, 0.4) is 0 Å². The molecule has 2 aromatic rings. The molecular weight excluding hydrogens is 227 g/mol. The van der Waals surface area contributed by atoms with Crippen LogP contribution in [-0.4, -0.2) is 22.9 Å². The molecule has 0 radical (unpaired) electrons. The maximum atomic E-state index is 11.2. The molecule has 0 saturated heterocycles. The molecule has 0 aliphatic carbocycles. The fourth-order valence-corrected chi connectivity index (χ4v) is 1.87. The number of ketones is 1. The Hall–Kier alpha value is -1.91. The molecule has 2 rings (SSSR count). The van der Waals surface area contributed by atoms with Crippen molar-refractivity contribution in [2.45, 2.75) is 6.92 Å². The van der Waals surface area contributed by atoms with Crippen LogP contribution in [0.4, 0.5) is 0 Å². The fourth-order valence-electron chi connectivity index (χ4n) is 1.87. The van der Waals surface area contributed by atoms with Crippen LogP contribution in [-0.2, 0) is 0 Å². The van der Waals surface area contributed by atoms with Crippen LogP contribution in [0.15, 0.2) is 48.5 Å². The molecule has 0 aliphatic rings. The molecule has 2 N–H and O–H groups in total. The highest BCUT2D eigenvalue weighted by Crippen LogP contribution is 2.18. The number of hydrogen-bond donors (Lipinski definition) is 2. The SMILES string of the molecule is CC(=O)c1ccc(-c2ccccc2B(O)O)cc1. The van der Waals surface area contributed by atoms with Crippen LogP contribution >= 0.6 is 0 Å². The van der Waals surface area contributed by atoms with E-state index in [2.05, 4.69) is 0 Å². The van der Waals surface area contributed by atoms with Gasteiger partial charge >= 0.3 is 7.12 Å². The second-order valence-electron chi connectivity index (χ2n) is 4.09. The van der Waals surface area contributed by atoms with Crippen molar-refractivity contribution in [2.24, 2.45) is 0 Å². The molecular formula is C14H13BO3. The smallest absolute Gasteiger partial charge is 0.423 e. The van der Waals surface area contributed by atoms with Gasteiger partial charge in [0.15, 0.2) is 5.78 Å². The Labute approximate surface area is 106 Å². The summed E-state index contributed by atoms with van der Waals surface area (Å²) in [5.41, 5.74) is 2.69. The monoisotopic (exact) mass is 240 g/mol. The zero-order chi connectivity index (χ0) is 13.1. The van der Waals surface area contributed by atoms with Gasteiger partial charge in [-0.05, 0) is 23.5 Å². The van der Waals surface area contributed by atoms with Gasteiger partial charge in [0.05, 0.1) is 0 Å². The summed E-state index contributed by atoms with van der Waals surface area (Å²) >= 11 is 0. The first-order valence-corrected chi connectivity index (χ1v) is 5.66. The third-order valence-electron chi connectivity index (χ3n) is 2.84. The number of benzene rings is 2. The molecule has 0 fully saturated rings. The minimum absolute atomic E-state index is 0.0111. The lowest BCUT2D eigenvalue weighted by Crippen LogP contribution is -2.31. The van der Waals surface area contributed by atoms with Gasteiger partial charge in [0, 0.05) is 5.56 Å². The molecule has 4 heteroatoms. The average Bonchev–Trinajstić information content (AvgIpc) is 2.39. The van der Waals surface area contributed by atoms with E-state index >= 15 is 0 Å². The Morgan fingerprint density at radius 2 is 1.61 bits per heavy atom. The Morgan fingerprint density at radius 3 is 2.17 bits per heavy atom. The third kappa shape index (κ3) is 2.50. The summed E-state index contributed by atoms with van der Waals surface area (Å²) < 4.78 is 0. The van der Waals surface area contributed by atoms with Gasteiger partial charge in [-0.2, -0.15) is 0 Å². The molecule has 0 bridgehead atoms. The quantitative estimate of drug-likeness (QED) is 0.626. The number of rotatable bonds is 3. The van der Waals surface area contributed by atoms with E-state index in [9.17, 15) is 14.8 Å². The van der Waals surface area contributed by atoms with Crippen LogP contribution in [0.5, 0.6) is 0 Å². The van der Waals surface area contributed by atoms with Gasteiger partial charge in [-0.1, -0.05) is 48.5 Å². The summed E-state index contributed by atoms with van der Waals surface area (Å²) in [6.45, 7) is 1.51. The first-order chi connectivity index (χ1) is 8.59. The van der Waals surface area contributed by atoms with Gasteiger partial charge in [0.1, 0.15) is 0 Å². The second-order valence-corrected chi connectivity index (χ2v) is 4.09. The standard InChI is InChI=1S/C14H13BO3/c1-10(16)11-6-8-12(9-7-11)13-4-2-3-5-14(13)15(17)18/h2-9,17-18H,1H3. The number of carbonyl (C=O) groups is 1. The third-order valence-corrected chi connectivity index (χ3v) is 2.84. The van der Waals surface area contributed by atoms with Crippen LogP contribution in [0, 0.1) is 0 Å². The zero-order valence-electron chi connectivity index (χ0n) is 10.00. The topological polar surface area (TPSA) is 57.5 Å². The Balaban J connectivity index is 2.46. The van der Waals surface area contributed by atoms with Crippen LogP contribution < -0.4 is 5.46 Å². The van der Waals surface area contributed by atoms with E-state index < -0.39 is 7.12 Å². The molecule has 0 aliphatic heterocycles. The summed E-state index contributed by atoms with van der Waals surface area (Å²) in [5, 5.41) is 18.6. The van der Waals surface area contributed by atoms with Crippen molar-refractivity contribution in [3.05, 3.63) is 54.1 Å². The van der Waals surface area contributed by atoms with Gasteiger partial charge in [-0.15, -0.1) is 0 Å². The molecule has 18 heavy (non-hydrogen) atoms. The van der Waals surface area contributed by atoms with Crippen LogP contribution in [0.2, 0.25) is 0 Å². The van der Waals surface area contributed by atoms with Crippen molar-refractivity contribution in [3.63, 3.8) is 0 Å². The molecule has 0 amide bonds. The molecule has 0 spiro atoms. The largest absolute Gasteiger partial charge is 0.489 e. The predicted octanol–water partition coefficient (Wildman–Crippen LogP) is 1.24. The average molecular weight is 240 g/mol. The Bertz CT molecular complexity index is 562. The highest BCUT2D eigenvalue weighted by molar-refractivity contribution is 6.60. The van der Waals surface area contributed by atoms with Crippen molar-refractivity contribution < 1.29 is 14.8 Å². The van der Waals surface area contributed by atoms with Crippen molar-refractivity contribution in [1.29, 1.82) is 0 Å². The molecule has 0 saturated carbocycles. The van der Waals surface area contributed by atoms with Crippen molar-refractivity contribution >= 4 is 18.4 Å². The van der Waals surface area contributed by atoms with Crippen molar-refractivity contribution in [2.75, 3.05) is 0 Å². The highest BCUT2D eigenvalue weighted by atomic mass is 16.4. The molecule has 0 atom stereocenters. The van der Waals surface area contributed by atoms with Gasteiger partial charge in [-0.25, -0.2) is 0 Å². The van der Waals surface area contributed by atoms with E-state index in [1.165, 1.54) is 6.92 Å². The summed E-state index contributed by atoms with van der Waals surface area (Å²) in [6, 6.07) is 14.1. The van der Waals surface area contributed by atoms with Gasteiger partial charge in [0.25, 0.3) is 0 Å². The zero-order valence-corrected chi connectivity index (χ0v) is 10.00. The lowest BCUT2D eigenvalue weighted by atomic mass is 9.75. The lowest BCUT2D eigenvalue weighted by Gasteiger charge is -2.09. The molecule has 0 unspecified atom stereocenters. The second kappa shape index (κ2) is 5.17. The van der Waals surface area contributed by atoms with E-state index in [-0.39, 0.29) is 5.78 Å². The molecule has 0 aromatic heterocycles. The van der Waals surface area contributed by atoms with Crippen molar-refractivity contribution in [1.82, 2.24) is 0 Å². The Morgan fingerprint density at radius 1 is 1.00 bits per heavy atom. The van der Waals surface area contributed by atoms with E-state index in [1.54, 1.807) is 36.4 Å². The Kier molecular flexibility index (Phi) is 3.60. The minimum atomic E-state index is -1.51. The lowest BCUT2D eigenvalue weighted by molar-refractivity contribution is 0.101. The van der Waals surface area contributed by atoms with E-state index in [1.807, 2.05) is 12.1 Å². The first-order valence-electron chi connectivity index (χ1n) is 5.66. The molecule has 0 heterocycles. The van der Waals surface area contributed by atoms with Gasteiger partial charge in [0.2, 0.25) is 0 Å². The summed E-state index contributed by atoms with van der Waals surface area (Å²) in [4.78, 5) is 11.2. The van der Waals surface area contributed by atoms with Crippen LogP contribution in [0.1, 0.15) is 17.3 Å². The normalized spacial score (nSPS) is 10.2. The highest BCUT2D eigenvalue weighted by Gasteiger charge is 2.16. The molecule has 90 valence electrons. The van der Waals surface area contributed by atoms with Gasteiger partial charge < -0.3 is 10.0 Å². The van der Waals surface area contributed by atoms with Crippen LogP contribution in [0.25, 0.3) is 11.1 Å². The summed E-state index contributed by atoms with van der Waals surface area (Å²) in [5.74, 6) is 0.0111. The summed E-state index contributed by atoms with van der Waals surface area (Å²) in [6.07, 6.45) is 0. The number of Topliss-reactive ketones (excluding diaryl/α,β-unsaturated/α-hetero) is 1. The van der Waals surface area contributed by atoms with Gasteiger partial charge in [-0.3, -0.25) is 4.79 Å². The first kappa shape index (κ1) is 12.5. The molecule has 2 aromatic carbocycles. The number of hydrogen-bond acceptors (Lipinski definition) is 3. The fraction of sp³-hybridized carbons (Fsp3) is 0.0714. The molecule has 3 nitrogen and oxygen atoms in total. The minimum Gasteiger partial charge on any atom is -0.423 e. The van der Waals surface area contributed by atoms with E-state index in [4.69, 9.17) is 0 Å². The summed E-state index contributed by atoms with van der Waals surface area (Å²) in [7, 11) is -1.51. The number of carbonyl (C=O) groups excluding carboxylic acids is 1. The van der Waals surface area contributed by atoms with E-state index in [0.717, 1.165) is 11.1 Å².